The zero-order valence-electron chi connectivity index (χ0n) is 8.16. The number of phenols is 1. The van der Waals surface area contributed by atoms with Gasteiger partial charge >= 0.3 is 0 Å². The molecule has 0 aliphatic rings. The fourth-order valence-corrected chi connectivity index (χ4v) is 1.26. The highest BCUT2D eigenvalue weighted by Gasteiger charge is 2.08. The smallest absolute Gasteiger partial charge is 0.120 e. The van der Waals surface area contributed by atoms with Crippen molar-refractivity contribution in [2.75, 3.05) is 7.11 Å². The van der Waals surface area contributed by atoms with Gasteiger partial charge in [-0.2, -0.15) is 5.48 Å². The quantitative estimate of drug-likeness (QED) is 0.700. The van der Waals surface area contributed by atoms with E-state index in [0.29, 0.717) is 5.75 Å². The Morgan fingerprint density at radius 2 is 2.15 bits per heavy atom. The minimum Gasteiger partial charge on any atom is -0.508 e. The highest BCUT2D eigenvalue weighted by Crippen LogP contribution is 2.24. The lowest BCUT2D eigenvalue weighted by molar-refractivity contribution is 0.0652. The Labute approximate surface area is 78.3 Å². The second kappa shape index (κ2) is 4.25. The monoisotopic (exact) mass is 181 g/mol. The van der Waals surface area contributed by atoms with E-state index in [1.807, 2.05) is 26.0 Å². The van der Waals surface area contributed by atoms with Crippen LogP contribution in [0.4, 0.5) is 0 Å². The van der Waals surface area contributed by atoms with Gasteiger partial charge in [0.1, 0.15) is 5.75 Å². The third-order valence-corrected chi connectivity index (χ3v) is 1.95. The molecule has 0 aromatic heterocycles. The molecular weight excluding hydrogens is 166 g/mol. The van der Waals surface area contributed by atoms with Crippen LogP contribution in [0.3, 0.4) is 0 Å². The Morgan fingerprint density at radius 3 is 2.69 bits per heavy atom. The van der Waals surface area contributed by atoms with Crippen LogP contribution in [0.1, 0.15) is 24.1 Å². The lowest BCUT2D eigenvalue weighted by Gasteiger charge is -2.13. The first kappa shape index (κ1) is 10.0. The van der Waals surface area contributed by atoms with E-state index in [-0.39, 0.29) is 6.04 Å². The molecule has 1 aromatic rings. The average Bonchev–Trinajstić information content (AvgIpc) is 2.04. The number of benzene rings is 1. The van der Waals surface area contributed by atoms with Gasteiger partial charge in [0, 0.05) is 5.56 Å². The maximum absolute atomic E-state index is 9.59. The standard InChI is InChI=1S/C10H15NO2/c1-7-4-5-9(10(12)6-7)8(2)11-13-3/h4-6,8,11-12H,1-3H3. The van der Waals surface area contributed by atoms with E-state index in [4.69, 9.17) is 4.84 Å². The van der Waals surface area contributed by atoms with Crippen molar-refractivity contribution >= 4 is 0 Å². The van der Waals surface area contributed by atoms with Crippen molar-refractivity contribution in [1.82, 2.24) is 5.48 Å². The SMILES string of the molecule is CONC(C)c1ccc(C)cc1O. The van der Waals surface area contributed by atoms with Gasteiger partial charge in [-0.25, -0.2) is 0 Å². The van der Waals surface area contributed by atoms with Crippen molar-refractivity contribution in [3.05, 3.63) is 29.3 Å². The van der Waals surface area contributed by atoms with Gasteiger partial charge in [0.25, 0.3) is 0 Å². The lowest BCUT2D eigenvalue weighted by atomic mass is 10.1. The van der Waals surface area contributed by atoms with Crippen LogP contribution in [0, 0.1) is 6.92 Å². The Bertz CT molecular complexity index is 286. The number of aryl methyl sites for hydroxylation is 1. The van der Waals surface area contributed by atoms with E-state index in [1.54, 1.807) is 13.2 Å². The Hall–Kier alpha value is -1.06. The second-order valence-electron chi connectivity index (χ2n) is 3.11. The molecule has 1 unspecified atom stereocenters. The maximum atomic E-state index is 9.59. The van der Waals surface area contributed by atoms with E-state index in [1.165, 1.54) is 0 Å². The number of nitrogens with one attached hydrogen (secondary N) is 1. The van der Waals surface area contributed by atoms with Gasteiger partial charge in [0.2, 0.25) is 0 Å². The van der Waals surface area contributed by atoms with Crippen molar-refractivity contribution in [2.45, 2.75) is 19.9 Å². The molecule has 0 radical (unpaired) electrons. The van der Waals surface area contributed by atoms with Crippen LogP contribution >= 0.6 is 0 Å². The predicted molar refractivity (Wildman–Crippen MR) is 51.4 cm³/mol. The molecule has 3 heteroatoms. The number of hydrogen-bond acceptors (Lipinski definition) is 3. The summed E-state index contributed by atoms with van der Waals surface area (Å²) in [5.41, 5.74) is 4.65. The molecule has 1 atom stereocenters. The molecule has 0 bridgehead atoms. The first-order valence-corrected chi connectivity index (χ1v) is 4.23. The van der Waals surface area contributed by atoms with Gasteiger partial charge in [0.05, 0.1) is 13.2 Å². The molecule has 0 fully saturated rings. The minimum absolute atomic E-state index is 0.00870. The van der Waals surface area contributed by atoms with Gasteiger partial charge in [-0.1, -0.05) is 12.1 Å². The molecule has 0 amide bonds. The molecule has 2 N–H and O–H groups in total. The van der Waals surface area contributed by atoms with Crippen molar-refractivity contribution in [3.63, 3.8) is 0 Å². The van der Waals surface area contributed by atoms with E-state index < -0.39 is 0 Å². The summed E-state index contributed by atoms with van der Waals surface area (Å²) in [6, 6.07) is 5.58. The average molecular weight is 181 g/mol. The molecule has 13 heavy (non-hydrogen) atoms. The Kier molecular flexibility index (Phi) is 3.28. The van der Waals surface area contributed by atoms with E-state index in [9.17, 15) is 5.11 Å². The zero-order chi connectivity index (χ0) is 9.84. The summed E-state index contributed by atoms with van der Waals surface area (Å²) < 4.78 is 0. The highest BCUT2D eigenvalue weighted by molar-refractivity contribution is 5.37. The summed E-state index contributed by atoms with van der Waals surface area (Å²) in [5, 5.41) is 9.59. The molecule has 0 heterocycles. The van der Waals surface area contributed by atoms with Gasteiger partial charge in [-0.15, -0.1) is 0 Å². The first-order valence-electron chi connectivity index (χ1n) is 4.23. The molecule has 0 aliphatic heterocycles. The van der Waals surface area contributed by atoms with Crippen LogP contribution in [-0.2, 0) is 4.84 Å². The molecule has 0 aliphatic carbocycles. The second-order valence-corrected chi connectivity index (χ2v) is 3.11. The van der Waals surface area contributed by atoms with Crippen LogP contribution in [0.25, 0.3) is 0 Å². The number of phenolic OH excluding ortho intramolecular Hbond substituents is 1. The summed E-state index contributed by atoms with van der Waals surface area (Å²) in [6.45, 7) is 3.87. The van der Waals surface area contributed by atoms with E-state index in [2.05, 4.69) is 5.48 Å². The van der Waals surface area contributed by atoms with Crippen molar-refractivity contribution in [1.29, 1.82) is 0 Å². The topological polar surface area (TPSA) is 41.5 Å². The molecule has 1 rings (SSSR count). The van der Waals surface area contributed by atoms with Gasteiger partial charge in [-0.05, 0) is 25.5 Å². The summed E-state index contributed by atoms with van der Waals surface area (Å²) in [7, 11) is 1.56. The normalized spacial score (nSPS) is 12.8. The summed E-state index contributed by atoms with van der Waals surface area (Å²) in [4.78, 5) is 4.78. The molecule has 0 spiro atoms. The van der Waals surface area contributed by atoms with E-state index in [0.717, 1.165) is 11.1 Å². The van der Waals surface area contributed by atoms with E-state index >= 15 is 0 Å². The van der Waals surface area contributed by atoms with Crippen molar-refractivity contribution < 1.29 is 9.94 Å². The fourth-order valence-electron chi connectivity index (χ4n) is 1.26. The lowest BCUT2D eigenvalue weighted by Crippen LogP contribution is -2.16. The first-order chi connectivity index (χ1) is 6.15. The fraction of sp³-hybridized carbons (Fsp3) is 0.400. The highest BCUT2D eigenvalue weighted by atomic mass is 16.6. The van der Waals surface area contributed by atoms with Crippen LogP contribution in [-0.4, -0.2) is 12.2 Å². The van der Waals surface area contributed by atoms with Gasteiger partial charge < -0.3 is 9.94 Å². The summed E-state index contributed by atoms with van der Waals surface area (Å²) >= 11 is 0. The molecule has 0 saturated carbocycles. The minimum atomic E-state index is -0.00870. The molecule has 1 aromatic carbocycles. The number of aromatic hydroxyl groups is 1. The summed E-state index contributed by atoms with van der Waals surface area (Å²) in [5.74, 6) is 0.303. The van der Waals surface area contributed by atoms with Crippen molar-refractivity contribution in [2.24, 2.45) is 0 Å². The van der Waals surface area contributed by atoms with Crippen molar-refractivity contribution in [3.8, 4) is 5.75 Å². The number of rotatable bonds is 3. The van der Waals surface area contributed by atoms with Gasteiger partial charge in [0.15, 0.2) is 0 Å². The van der Waals surface area contributed by atoms with Crippen LogP contribution in [0.15, 0.2) is 18.2 Å². The van der Waals surface area contributed by atoms with Crippen LogP contribution in [0.5, 0.6) is 5.75 Å². The largest absolute Gasteiger partial charge is 0.508 e. The Morgan fingerprint density at radius 1 is 1.46 bits per heavy atom. The van der Waals surface area contributed by atoms with Gasteiger partial charge in [-0.3, -0.25) is 0 Å². The number of hydroxylamine groups is 1. The third kappa shape index (κ3) is 2.44. The third-order valence-electron chi connectivity index (χ3n) is 1.95. The molecule has 3 nitrogen and oxygen atoms in total. The zero-order valence-corrected chi connectivity index (χ0v) is 8.16. The maximum Gasteiger partial charge on any atom is 0.120 e. The van der Waals surface area contributed by atoms with Crippen LogP contribution < -0.4 is 5.48 Å². The molecule has 0 saturated heterocycles. The molecule has 72 valence electrons. The predicted octanol–water partition coefficient (Wildman–Crippen LogP) is 1.91. The summed E-state index contributed by atoms with van der Waals surface area (Å²) in [6.07, 6.45) is 0. The number of hydrogen-bond donors (Lipinski definition) is 2. The Balaban J connectivity index is 2.88. The van der Waals surface area contributed by atoms with Crippen LogP contribution in [0.2, 0.25) is 0 Å². The molecular formula is C10H15NO2.